The Balaban J connectivity index is 1.54. The number of benzene rings is 3. The highest BCUT2D eigenvalue weighted by Gasteiger charge is 2.43. The lowest BCUT2D eigenvalue weighted by Crippen LogP contribution is -2.39. The Labute approximate surface area is 189 Å². The Bertz CT molecular complexity index is 1070. The molecule has 3 unspecified atom stereocenters. The van der Waals surface area contributed by atoms with Crippen LogP contribution in [0, 0.1) is 5.92 Å². The number of hydrogen-bond donors (Lipinski definition) is 2. The smallest absolute Gasteiger partial charge is 0.162 e. The number of nitrogens with one attached hydrogen (secondary N) is 2. The molecule has 0 amide bonds. The van der Waals surface area contributed by atoms with Gasteiger partial charge in [0.15, 0.2) is 11.5 Å². The Morgan fingerprint density at radius 3 is 2.19 bits per heavy atom. The molecule has 2 aliphatic rings. The van der Waals surface area contributed by atoms with Gasteiger partial charge in [0, 0.05) is 30.8 Å². The van der Waals surface area contributed by atoms with Gasteiger partial charge in [-0.25, -0.2) is 10.9 Å². The van der Waals surface area contributed by atoms with Crippen LogP contribution < -0.4 is 30.0 Å². The fourth-order valence-corrected chi connectivity index (χ4v) is 4.96. The highest BCUT2D eigenvalue weighted by Crippen LogP contribution is 2.48. The van der Waals surface area contributed by atoms with Crippen LogP contribution in [0.25, 0.3) is 0 Å². The van der Waals surface area contributed by atoms with Crippen molar-refractivity contribution >= 4 is 5.69 Å². The number of hydrazine groups is 1. The normalized spacial score (nSPS) is 21.6. The maximum atomic E-state index is 5.64. The molecular formula is C26H29N3O3. The number of nitrogens with zero attached hydrogens (tertiary/aromatic N) is 1. The molecule has 1 fully saturated rings. The maximum absolute atomic E-state index is 5.64. The molecule has 0 aromatic heterocycles. The fourth-order valence-electron chi connectivity index (χ4n) is 4.96. The molecule has 0 spiro atoms. The van der Waals surface area contributed by atoms with Crippen LogP contribution in [0.4, 0.5) is 5.69 Å². The quantitative estimate of drug-likeness (QED) is 0.609. The van der Waals surface area contributed by atoms with Crippen molar-refractivity contribution in [1.29, 1.82) is 0 Å². The average Bonchev–Trinajstić information content (AvgIpc) is 3.28. The molecule has 0 radical (unpaired) electrons. The van der Waals surface area contributed by atoms with E-state index in [4.69, 9.17) is 14.2 Å². The van der Waals surface area contributed by atoms with Gasteiger partial charge in [-0.2, -0.15) is 0 Å². The van der Waals surface area contributed by atoms with Gasteiger partial charge in [0.25, 0.3) is 0 Å². The minimum Gasteiger partial charge on any atom is -0.497 e. The van der Waals surface area contributed by atoms with E-state index in [1.807, 2.05) is 12.1 Å². The lowest BCUT2D eigenvalue weighted by atomic mass is 9.81. The molecule has 0 aliphatic carbocycles. The minimum absolute atomic E-state index is 0.183. The third-order valence-corrected chi connectivity index (χ3v) is 6.58. The summed E-state index contributed by atoms with van der Waals surface area (Å²) in [6.07, 6.45) is 0. The SMILES string of the molecule is COc1ccc(CN2CC3C(c4ccccc4)NNC3c3cc(OC)c(OC)cc32)cc1. The zero-order valence-electron chi connectivity index (χ0n) is 18.7. The van der Waals surface area contributed by atoms with Gasteiger partial charge in [-0.1, -0.05) is 42.5 Å². The van der Waals surface area contributed by atoms with Gasteiger partial charge in [0.1, 0.15) is 5.75 Å². The van der Waals surface area contributed by atoms with Crippen LogP contribution in [0.3, 0.4) is 0 Å². The first kappa shape index (κ1) is 20.7. The van der Waals surface area contributed by atoms with E-state index in [0.29, 0.717) is 5.92 Å². The van der Waals surface area contributed by atoms with E-state index in [1.165, 1.54) is 22.4 Å². The van der Waals surface area contributed by atoms with Crippen molar-refractivity contribution in [2.24, 2.45) is 5.92 Å². The van der Waals surface area contributed by atoms with Crippen LogP contribution in [-0.4, -0.2) is 27.9 Å². The molecule has 32 heavy (non-hydrogen) atoms. The zero-order chi connectivity index (χ0) is 22.1. The predicted molar refractivity (Wildman–Crippen MR) is 125 cm³/mol. The highest BCUT2D eigenvalue weighted by molar-refractivity contribution is 5.65. The first-order valence-corrected chi connectivity index (χ1v) is 10.9. The van der Waals surface area contributed by atoms with Crippen LogP contribution in [0.5, 0.6) is 17.2 Å². The molecular weight excluding hydrogens is 402 g/mol. The predicted octanol–water partition coefficient (Wildman–Crippen LogP) is 4.24. The molecule has 166 valence electrons. The Hall–Kier alpha value is -3.22. The molecule has 0 saturated carbocycles. The number of fused-ring (bicyclic) bond motifs is 3. The average molecular weight is 432 g/mol. The summed E-state index contributed by atoms with van der Waals surface area (Å²) in [6, 6.07) is 23.6. The summed E-state index contributed by atoms with van der Waals surface area (Å²) < 4.78 is 16.6. The van der Waals surface area contributed by atoms with Gasteiger partial charge in [-0.3, -0.25) is 0 Å². The number of rotatable bonds is 6. The van der Waals surface area contributed by atoms with Crippen LogP contribution in [0.15, 0.2) is 66.7 Å². The lowest BCUT2D eigenvalue weighted by molar-refractivity contribution is 0.350. The Morgan fingerprint density at radius 1 is 0.812 bits per heavy atom. The Morgan fingerprint density at radius 2 is 1.50 bits per heavy atom. The number of hydrogen-bond acceptors (Lipinski definition) is 6. The number of anilines is 1. The van der Waals surface area contributed by atoms with Crippen LogP contribution in [0.2, 0.25) is 0 Å². The molecule has 2 heterocycles. The van der Waals surface area contributed by atoms with E-state index >= 15 is 0 Å². The van der Waals surface area contributed by atoms with Gasteiger partial charge in [-0.15, -0.1) is 0 Å². The monoisotopic (exact) mass is 431 g/mol. The van der Waals surface area contributed by atoms with E-state index in [0.717, 1.165) is 30.3 Å². The molecule has 3 atom stereocenters. The van der Waals surface area contributed by atoms with Crippen molar-refractivity contribution in [2.45, 2.75) is 18.6 Å². The summed E-state index contributed by atoms with van der Waals surface area (Å²) in [7, 11) is 5.07. The van der Waals surface area contributed by atoms with Crippen LogP contribution in [0.1, 0.15) is 28.8 Å². The number of ether oxygens (including phenoxy) is 3. The third kappa shape index (κ3) is 3.66. The summed E-state index contributed by atoms with van der Waals surface area (Å²) in [6.45, 7) is 1.72. The molecule has 2 N–H and O–H groups in total. The molecule has 6 nitrogen and oxygen atoms in total. The third-order valence-electron chi connectivity index (χ3n) is 6.58. The molecule has 0 bridgehead atoms. The molecule has 3 aromatic carbocycles. The number of methoxy groups -OCH3 is 3. The van der Waals surface area contributed by atoms with Crippen molar-refractivity contribution < 1.29 is 14.2 Å². The summed E-state index contributed by atoms with van der Waals surface area (Å²) in [5.74, 6) is 2.73. The van der Waals surface area contributed by atoms with E-state index in [-0.39, 0.29) is 12.1 Å². The van der Waals surface area contributed by atoms with Crippen LogP contribution >= 0.6 is 0 Å². The van der Waals surface area contributed by atoms with Crippen molar-refractivity contribution in [3.8, 4) is 17.2 Å². The summed E-state index contributed by atoms with van der Waals surface area (Å²) >= 11 is 0. The highest BCUT2D eigenvalue weighted by atomic mass is 16.5. The standard InChI is InChI=1S/C26H29N3O3/c1-30-19-11-9-17(10-12-19)15-29-16-21-25(18-7-5-4-6-8-18)27-28-26(21)20-13-23(31-2)24(32-3)14-22(20)29/h4-14,21,25-28H,15-16H2,1-3H3. The lowest BCUT2D eigenvalue weighted by Gasteiger charge is -2.39. The van der Waals surface area contributed by atoms with E-state index in [9.17, 15) is 0 Å². The summed E-state index contributed by atoms with van der Waals surface area (Å²) in [5, 5.41) is 0. The largest absolute Gasteiger partial charge is 0.497 e. The van der Waals surface area contributed by atoms with Gasteiger partial charge >= 0.3 is 0 Å². The van der Waals surface area contributed by atoms with Gasteiger partial charge in [0.05, 0.1) is 33.4 Å². The van der Waals surface area contributed by atoms with E-state index in [2.05, 4.69) is 70.3 Å². The summed E-state index contributed by atoms with van der Waals surface area (Å²) in [4.78, 5) is 2.45. The van der Waals surface area contributed by atoms with Crippen molar-refractivity contribution in [2.75, 3.05) is 32.8 Å². The molecule has 2 aliphatic heterocycles. The van der Waals surface area contributed by atoms with Crippen molar-refractivity contribution in [3.63, 3.8) is 0 Å². The van der Waals surface area contributed by atoms with E-state index in [1.54, 1.807) is 21.3 Å². The fraction of sp³-hybridized carbons (Fsp3) is 0.308. The molecule has 1 saturated heterocycles. The van der Waals surface area contributed by atoms with Gasteiger partial charge in [0.2, 0.25) is 0 Å². The zero-order valence-corrected chi connectivity index (χ0v) is 18.7. The molecule has 6 heteroatoms. The molecule has 3 aromatic rings. The molecule has 5 rings (SSSR count). The van der Waals surface area contributed by atoms with Gasteiger partial charge in [-0.05, 0) is 34.9 Å². The second-order valence-electron chi connectivity index (χ2n) is 8.31. The summed E-state index contributed by atoms with van der Waals surface area (Å²) in [5.41, 5.74) is 12.0. The first-order valence-electron chi connectivity index (χ1n) is 10.9. The maximum Gasteiger partial charge on any atom is 0.162 e. The van der Waals surface area contributed by atoms with Crippen molar-refractivity contribution in [1.82, 2.24) is 10.9 Å². The topological polar surface area (TPSA) is 55.0 Å². The Kier molecular flexibility index (Phi) is 5.64. The minimum atomic E-state index is 0.183. The van der Waals surface area contributed by atoms with Gasteiger partial charge < -0.3 is 19.1 Å². The second-order valence-corrected chi connectivity index (χ2v) is 8.31. The van der Waals surface area contributed by atoms with Crippen molar-refractivity contribution in [3.05, 3.63) is 83.4 Å². The first-order chi connectivity index (χ1) is 15.7. The van der Waals surface area contributed by atoms with E-state index < -0.39 is 0 Å². The second kappa shape index (κ2) is 8.73. The van der Waals surface area contributed by atoms with Crippen LogP contribution in [-0.2, 0) is 6.54 Å².